The first-order chi connectivity index (χ1) is 7.56. The van der Waals surface area contributed by atoms with E-state index >= 15 is 0 Å². The number of carbonyl (C=O) groups is 2. The molecule has 1 aliphatic rings. The third kappa shape index (κ3) is 3.47. The van der Waals surface area contributed by atoms with Crippen LogP contribution in [-0.2, 0) is 19.1 Å². The molecular formula is C10H17NO4S. The highest BCUT2D eigenvalue weighted by molar-refractivity contribution is 7.81. The second-order valence-corrected chi connectivity index (χ2v) is 4.33. The molecule has 1 fully saturated rings. The number of methoxy groups -OCH3 is 1. The molecule has 2 unspecified atom stereocenters. The fourth-order valence-corrected chi connectivity index (χ4v) is 1.61. The minimum Gasteiger partial charge on any atom is -0.391 e. The average molecular weight is 247 g/mol. The summed E-state index contributed by atoms with van der Waals surface area (Å²) in [5.41, 5.74) is 0. The summed E-state index contributed by atoms with van der Waals surface area (Å²) < 4.78 is 9.66. The lowest BCUT2D eigenvalue weighted by Gasteiger charge is -2.16. The molecule has 0 aromatic rings. The quantitative estimate of drug-likeness (QED) is 0.420. The molecule has 16 heavy (non-hydrogen) atoms. The number of carbonyl (C=O) groups excluding carboxylic acids is 2. The lowest BCUT2D eigenvalue weighted by Crippen LogP contribution is -2.38. The fraction of sp³-hybridized carbons (Fsp3) is 0.800. The summed E-state index contributed by atoms with van der Waals surface area (Å²) in [6.45, 7) is 2.48. The molecule has 92 valence electrons. The lowest BCUT2D eigenvalue weighted by atomic mass is 10.2. The summed E-state index contributed by atoms with van der Waals surface area (Å²) in [5, 5.41) is 2.22. The lowest BCUT2D eigenvalue weighted by molar-refractivity contribution is -0.161. The van der Waals surface area contributed by atoms with Crippen molar-refractivity contribution in [1.29, 1.82) is 0 Å². The molecule has 0 spiro atoms. The van der Waals surface area contributed by atoms with Gasteiger partial charge in [-0.3, -0.25) is 4.79 Å². The Morgan fingerprint density at radius 3 is 2.69 bits per heavy atom. The van der Waals surface area contributed by atoms with Gasteiger partial charge in [-0.05, 0) is 26.3 Å². The highest BCUT2D eigenvalue weighted by atomic mass is 32.1. The van der Waals surface area contributed by atoms with Gasteiger partial charge in [-0.1, -0.05) is 0 Å². The number of thiol groups is 1. The summed E-state index contributed by atoms with van der Waals surface area (Å²) in [7, 11) is 1.47. The second-order valence-electron chi connectivity index (χ2n) is 3.77. The van der Waals surface area contributed by atoms with Crippen molar-refractivity contribution in [2.45, 2.75) is 37.2 Å². The first kappa shape index (κ1) is 13.5. The van der Waals surface area contributed by atoms with Crippen LogP contribution in [0, 0.1) is 0 Å². The summed E-state index contributed by atoms with van der Waals surface area (Å²) in [4.78, 5) is 23.0. The van der Waals surface area contributed by atoms with E-state index in [4.69, 9.17) is 9.47 Å². The molecule has 0 aliphatic carbocycles. The Bertz CT molecular complexity index is 266. The molecule has 0 bridgehead atoms. The van der Waals surface area contributed by atoms with E-state index < -0.39 is 17.2 Å². The van der Waals surface area contributed by atoms with Crippen molar-refractivity contribution in [3.05, 3.63) is 0 Å². The molecule has 0 aromatic carbocycles. The van der Waals surface area contributed by atoms with Crippen LogP contribution in [0.15, 0.2) is 0 Å². The minimum absolute atomic E-state index is 0.359. The van der Waals surface area contributed by atoms with E-state index in [1.54, 1.807) is 6.92 Å². The normalized spacial score (nSPS) is 23.8. The van der Waals surface area contributed by atoms with E-state index in [0.717, 1.165) is 13.0 Å². The summed E-state index contributed by atoms with van der Waals surface area (Å²) >= 11 is 4.05. The van der Waals surface area contributed by atoms with Crippen molar-refractivity contribution >= 4 is 24.6 Å². The maximum absolute atomic E-state index is 11.5. The predicted molar refractivity (Wildman–Crippen MR) is 61.4 cm³/mol. The summed E-state index contributed by atoms with van der Waals surface area (Å²) in [6, 6.07) is -0.359. The Kier molecular flexibility index (Phi) is 5.24. The largest absolute Gasteiger partial charge is 0.391 e. The monoisotopic (exact) mass is 247 g/mol. The van der Waals surface area contributed by atoms with Crippen molar-refractivity contribution in [3.63, 3.8) is 0 Å². The standard InChI is InChI=1S/C10H17NO4S/c1-6(14-2)8(16)10(13)15-9(12)7-4-3-5-11-7/h6-8,11,16H,3-5H2,1-2H3/t6?,7-,8?/m0/s1. The van der Waals surface area contributed by atoms with Gasteiger partial charge >= 0.3 is 11.9 Å². The smallest absolute Gasteiger partial charge is 0.330 e. The molecule has 0 aromatic heterocycles. The zero-order valence-corrected chi connectivity index (χ0v) is 10.3. The molecule has 3 atom stereocenters. The van der Waals surface area contributed by atoms with Gasteiger partial charge in [0.1, 0.15) is 11.3 Å². The van der Waals surface area contributed by atoms with Crippen LogP contribution in [0.5, 0.6) is 0 Å². The Hall–Kier alpha value is -0.590. The molecule has 5 nitrogen and oxygen atoms in total. The van der Waals surface area contributed by atoms with Crippen molar-refractivity contribution in [1.82, 2.24) is 5.32 Å². The van der Waals surface area contributed by atoms with Crippen LogP contribution in [0.25, 0.3) is 0 Å². The van der Waals surface area contributed by atoms with Gasteiger partial charge in [0.05, 0.1) is 6.10 Å². The van der Waals surface area contributed by atoms with E-state index in [9.17, 15) is 9.59 Å². The van der Waals surface area contributed by atoms with E-state index in [2.05, 4.69) is 17.9 Å². The van der Waals surface area contributed by atoms with Gasteiger partial charge in [0, 0.05) is 7.11 Å². The number of hydrogen-bond donors (Lipinski definition) is 2. The van der Waals surface area contributed by atoms with Crippen LogP contribution < -0.4 is 5.32 Å². The number of nitrogens with one attached hydrogen (secondary N) is 1. The van der Waals surface area contributed by atoms with Crippen molar-refractivity contribution in [2.24, 2.45) is 0 Å². The molecular weight excluding hydrogens is 230 g/mol. The van der Waals surface area contributed by atoms with Gasteiger partial charge in [0.15, 0.2) is 0 Å². The van der Waals surface area contributed by atoms with Gasteiger partial charge in [-0.25, -0.2) is 4.79 Å². The van der Waals surface area contributed by atoms with Crippen LogP contribution in [0.1, 0.15) is 19.8 Å². The Labute approximate surface area is 100 Å². The maximum Gasteiger partial charge on any atom is 0.330 e. The Balaban J connectivity index is 2.41. The first-order valence-corrected chi connectivity index (χ1v) is 5.77. The molecule has 1 rings (SSSR count). The predicted octanol–water partition coefficient (Wildman–Crippen LogP) is 0.141. The van der Waals surface area contributed by atoms with Crippen LogP contribution in [0.3, 0.4) is 0 Å². The highest BCUT2D eigenvalue weighted by Gasteiger charge is 2.29. The topological polar surface area (TPSA) is 64.6 Å². The summed E-state index contributed by atoms with van der Waals surface area (Å²) in [5.74, 6) is -1.18. The van der Waals surface area contributed by atoms with Crippen LogP contribution in [0.2, 0.25) is 0 Å². The van der Waals surface area contributed by atoms with Crippen LogP contribution >= 0.6 is 12.6 Å². The number of hydrogen-bond acceptors (Lipinski definition) is 6. The van der Waals surface area contributed by atoms with Gasteiger partial charge < -0.3 is 14.8 Å². The average Bonchev–Trinajstić information content (AvgIpc) is 2.80. The molecule has 6 heteroatoms. The SMILES string of the molecule is COC(C)C(S)C(=O)OC(=O)[C@@H]1CCCN1. The Morgan fingerprint density at radius 1 is 1.50 bits per heavy atom. The van der Waals surface area contributed by atoms with Gasteiger partial charge in [0.2, 0.25) is 0 Å². The highest BCUT2D eigenvalue weighted by Crippen LogP contribution is 2.11. The second kappa shape index (κ2) is 6.22. The third-order valence-corrected chi connectivity index (χ3v) is 3.23. The Morgan fingerprint density at radius 2 is 2.19 bits per heavy atom. The fourth-order valence-electron chi connectivity index (χ4n) is 1.44. The first-order valence-electron chi connectivity index (χ1n) is 5.26. The number of ether oxygens (including phenoxy) is 2. The summed E-state index contributed by atoms with van der Waals surface area (Å²) in [6.07, 6.45) is 1.25. The molecule has 1 heterocycles. The van der Waals surface area contributed by atoms with Gasteiger partial charge in [-0.15, -0.1) is 0 Å². The van der Waals surface area contributed by atoms with E-state index in [0.29, 0.717) is 6.42 Å². The zero-order chi connectivity index (χ0) is 12.1. The third-order valence-electron chi connectivity index (χ3n) is 2.60. The molecule has 1 N–H and O–H groups in total. The van der Waals surface area contributed by atoms with Gasteiger partial charge in [0.25, 0.3) is 0 Å². The van der Waals surface area contributed by atoms with E-state index in [1.165, 1.54) is 7.11 Å². The molecule has 0 saturated carbocycles. The zero-order valence-electron chi connectivity index (χ0n) is 9.43. The minimum atomic E-state index is -0.740. The molecule has 0 amide bonds. The van der Waals surface area contributed by atoms with E-state index in [1.807, 2.05) is 0 Å². The van der Waals surface area contributed by atoms with Crippen molar-refractivity contribution < 1.29 is 19.1 Å². The van der Waals surface area contributed by atoms with Crippen LogP contribution in [-0.4, -0.2) is 43.0 Å². The van der Waals surface area contributed by atoms with Crippen molar-refractivity contribution in [2.75, 3.05) is 13.7 Å². The number of esters is 2. The van der Waals surface area contributed by atoms with E-state index in [-0.39, 0.29) is 12.1 Å². The molecule has 1 saturated heterocycles. The van der Waals surface area contributed by atoms with Crippen LogP contribution in [0.4, 0.5) is 0 Å². The van der Waals surface area contributed by atoms with Crippen molar-refractivity contribution in [3.8, 4) is 0 Å². The maximum atomic E-state index is 11.5. The number of rotatable bonds is 4. The molecule has 0 radical (unpaired) electrons. The molecule has 1 aliphatic heterocycles. The van der Waals surface area contributed by atoms with Gasteiger partial charge in [-0.2, -0.15) is 12.6 Å².